The van der Waals surface area contributed by atoms with Crippen molar-refractivity contribution in [3.63, 3.8) is 0 Å². The highest BCUT2D eigenvalue weighted by Crippen LogP contribution is 2.22. The first kappa shape index (κ1) is 11.4. The van der Waals surface area contributed by atoms with E-state index in [2.05, 4.69) is 19.9 Å². The summed E-state index contributed by atoms with van der Waals surface area (Å²) in [5, 5.41) is 2.70. The monoisotopic (exact) mass is 262 g/mol. The molecule has 2 aromatic rings. The Labute approximate surface area is 109 Å². The highest BCUT2D eigenvalue weighted by atomic mass is 32.1. The zero-order chi connectivity index (χ0) is 12.2. The molecule has 0 N–H and O–H groups in total. The van der Waals surface area contributed by atoms with E-state index < -0.39 is 0 Å². The minimum Gasteiger partial charge on any atom is -0.467 e. The van der Waals surface area contributed by atoms with Crippen molar-refractivity contribution >= 4 is 17.3 Å². The summed E-state index contributed by atoms with van der Waals surface area (Å²) in [6.07, 6.45) is 7.56. The van der Waals surface area contributed by atoms with Gasteiger partial charge in [0.1, 0.15) is 6.10 Å². The number of thiazole rings is 1. The van der Waals surface area contributed by atoms with Gasteiger partial charge < -0.3 is 9.64 Å². The van der Waals surface area contributed by atoms with Crippen molar-refractivity contribution in [1.29, 1.82) is 0 Å². The normalized spacial score (nSPS) is 16.8. The van der Waals surface area contributed by atoms with Crippen molar-refractivity contribution in [3.8, 4) is 5.19 Å². The van der Waals surface area contributed by atoms with Crippen molar-refractivity contribution in [2.75, 3.05) is 18.0 Å². The number of rotatable bonds is 3. The Balaban J connectivity index is 1.55. The first-order valence-electron chi connectivity index (χ1n) is 6.00. The third-order valence-corrected chi connectivity index (χ3v) is 3.62. The molecule has 5 nitrogen and oxygen atoms in total. The molecule has 1 aliphatic rings. The van der Waals surface area contributed by atoms with Gasteiger partial charge in [0.2, 0.25) is 5.95 Å². The molecule has 0 aromatic carbocycles. The molecule has 1 aliphatic heterocycles. The van der Waals surface area contributed by atoms with E-state index in [9.17, 15) is 0 Å². The van der Waals surface area contributed by atoms with Gasteiger partial charge in [-0.1, -0.05) is 11.3 Å². The van der Waals surface area contributed by atoms with Crippen LogP contribution < -0.4 is 9.64 Å². The third-order valence-electron chi connectivity index (χ3n) is 2.95. The van der Waals surface area contributed by atoms with Crippen molar-refractivity contribution in [2.45, 2.75) is 18.9 Å². The summed E-state index contributed by atoms with van der Waals surface area (Å²) in [4.78, 5) is 14.9. The van der Waals surface area contributed by atoms with Gasteiger partial charge in [-0.25, -0.2) is 15.0 Å². The Morgan fingerprint density at radius 3 is 2.56 bits per heavy atom. The number of hydrogen-bond donors (Lipinski definition) is 0. The zero-order valence-electron chi connectivity index (χ0n) is 9.90. The SMILES string of the molecule is c1cnc(N2CCC(Oc3nccs3)CC2)nc1. The molecule has 94 valence electrons. The van der Waals surface area contributed by atoms with Crippen LogP contribution in [0, 0.1) is 0 Å². The van der Waals surface area contributed by atoms with Crippen LogP contribution in [-0.2, 0) is 0 Å². The molecular formula is C12H14N4OS. The third kappa shape index (κ3) is 2.59. The van der Waals surface area contributed by atoms with Gasteiger partial charge in [0.05, 0.1) is 0 Å². The quantitative estimate of drug-likeness (QED) is 0.846. The first-order chi connectivity index (χ1) is 8.92. The van der Waals surface area contributed by atoms with E-state index in [1.165, 1.54) is 0 Å². The molecular weight excluding hydrogens is 248 g/mol. The Hall–Kier alpha value is -1.69. The Morgan fingerprint density at radius 2 is 1.89 bits per heavy atom. The lowest BCUT2D eigenvalue weighted by atomic mass is 10.1. The van der Waals surface area contributed by atoms with E-state index >= 15 is 0 Å². The summed E-state index contributed by atoms with van der Waals surface area (Å²) in [6, 6.07) is 1.84. The number of hydrogen-bond acceptors (Lipinski definition) is 6. The molecule has 3 rings (SSSR count). The molecule has 3 heterocycles. The van der Waals surface area contributed by atoms with Gasteiger partial charge in [0.25, 0.3) is 5.19 Å². The molecule has 1 fully saturated rings. The minimum atomic E-state index is 0.260. The smallest absolute Gasteiger partial charge is 0.273 e. The summed E-state index contributed by atoms with van der Waals surface area (Å²) >= 11 is 1.54. The maximum Gasteiger partial charge on any atom is 0.273 e. The lowest BCUT2D eigenvalue weighted by Gasteiger charge is -2.31. The molecule has 0 radical (unpaired) electrons. The summed E-state index contributed by atoms with van der Waals surface area (Å²) in [5.41, 5.74) is 0. The highest BCUT2D eigenvalue weighted by molar-refractivity contribution is 7.11. The Morgan fingerprint density at radius 1 is 1.11 bits per heavy atom. The van der Waals surface area contributed by atoms with Gasteiger partial charge in [-0.3, -0.25) is 0 Å². The van der Waals surface area contributed by atoms with E-state index in [-0.39, 0.29) is 6.10 Å². The predicted molar refractivity (Wildman–Crippen MR) is 70.0 cm³/mol. The van der Waals surface area contributed by atoms with E-state index in [0.717, 1.165) is 37.1 Å². The topological polar surface area (TPSA) is 51.1 Å². The largest absolute Gasteiger partial charge is 0.467 e. The van der Waals surface area contributed by atoms with Crippen molar-refractivity contribution in [3.05, 3.63) is 30.0 Å². The van der Waals surface area contributed by atoms with Crippen molar-refractivity contribution in [2.24, 2.45) is 0 Å². The number of ether oxygens (including phenoxy) is 1. The van der Waals surface area contributed by atoms with Crippen LogP contribution in [0.3, 0.4) is 0 Å². The second-order valence-corrected chi connectivity index (χ2v) is 5.01. The lowest BCUT2D eigenvalue weighted by molar-refractivity contribution is 0.170. The summed E-state index contributed by atoms with van der Waals surface area (Å²) < 4.78 is 5.82. The van der Waals surface area contributed by atoms with Crippen LogP contribution in [-0.4, -0.2) is 34.1 Å². The lowest BCUT2D eigenvalue weighted by Crippen LogP contribution is -2.39. The standard InChI is InChI=1S/C12H14N4OS/c1-4-13-11(14-5-1)16-7-2-10(3-8-16)17-12-15-6-9-18-12/h1,4-6,9-10H,2-3,7-8H2. The second kappa shape index (κ2) is 5.30. The predicted octanol–water partition coefficient (Wildman–Crippen LogP) is 1.98. The molecule has 0 atom stereocenters. The maximum atomic E-state index is 5.82. The average Bonchev–Trinajstić information content (AvgIpc) is 2.94. The number of aromatic nitrogens is 3. The fraction of sp³-hybridized carbons (Fsp3) is 0.417. The molecule has 0 spiro atoms. The van der Waals surface area contributed by atoms with E-state index in [4.69, 9.17) is 4.74 Å². The van der Waals surface area contributed by atoms with E-state index in [1.807, 2.05) is 11.4 Å². The first-order valence-corrected chi connectivity index (χ1v) is 6.88. The van der Waals surface area contributed by atoms with Gasteiger partial charge in [-0.15, -0.1) is 0 Å². The van der Waals surface area contributed by atoms with Crippen LogP contribution in [0.2, 0.25) is 0 Å². The number of nitrogens with zero attached hydrogens (tertiary/aromatic N) is 4. The van der Waals surface area contributed by atoms with E-state index in [0.29, 0.717) is 0 Å². The molecule has 1 saturated heterocycles. The molecule has 0 aliphatic carbocycles. The molecule has 0 saturated carbocycles. The zero-order valence-corrected chi connectivity index (χ0v) is 10.7. The molecule has 0 unspecified atom stereocenters. The van der Waals surface area contributed by atoms with Crippen molar-refractivity contribution in [1.82, 2.24) is 15.0 Å². The maximum absolute atomic E-state index is 5.82. The van der Waals surface area contributed by atoms with Crippen LogP contribution in [0.25, 0.3) is 0 Å². The fourth-order valence-corrected chi connectivity index (χ4v) is 2.59. The Kier molecular flexibility index (Phi) is 3.36. The molecule has 0 amide bonds. The fourth-order valence-electron chi connectivity index (χ4n) is 2.04. The van der Waals surface area contributed by atoms with Gasteiger partial charge in [0, 0.05) is 49.9 Å². The van der Waals surface area contributed by atoms with Crippen LogP contribution in [0.1, 0.15) is 12.8 Å². The Bertz CT molecular complexity index is 468. The van der Waals surface area contributed by atoms with Gasteiger partial charge in [-0.2, -0.15) is 0 Å². The van der Waals surface area contributed by atoms with Gasteiger partial charge >= 0.3 is 0 Å². The highest BCUT2D eigenvalue weighted by Gasteiger charge is 2.22. The summed E-state index contributed by atoms with van der Waals surface area (Å²) in [6.45, 7) is 1.86. The molecule has 2 aromatic heterocycles. The van der Waals surface area contributed by atoms with Crippen LogP contribution in [0.15, 0.2) is 30.0 Å². The number of anilines is 1. The van der Waals surface area contributed by atoms with Crippen LogP contribution in [0.5, 0.6) is 5.19 Å². The molecule has 0 bridgehead atoms. The van der Waals surface area contributed by atoms with Crippen molar-refractivity contribution < 1.29 is 4.74 Å². The number of piperidine rings is 1. The van der Waals surface area contributed by atoms with E-state index in [1.54, 1.807) is 29.9 Å². The summed E-state index contributed by atoms with van der Waals surface area (Å²) in [5.74, 6) is 0.810. The molecule has 18 heavy (non-hydrogen) atoms. The second-order valence-electron chi connectivity index (χ2n) is 4.15. The van der Waals surface area contributed by atoms with Crippen LogP contribution >= 0.6 is 11.3 Å². The van der Waals surface area contributed by atoms with Gasteiger partial charge in [0.15, 0.2) is 0 Å². The molecule has 6 heteroatoms. The average molecular weight is 262 g/mol. The summed E-state index contributed by atoms with van der Waals surface area (Å²) in [7, 11) is 0. The van der Waals surface area contributed by atoms with Crippen LogP contribution in [0.4, 0.5) is 5.95 Å². The van der Waals surface area contributed by atoms with Gasteiger partial charge in [-0.05, 0) is 6.07 Å². The minimum absolute atomic E-state index is 0.260.